The van der Waals surface area contributed by atoms with Crippen LogP contribution in [0.25, 0.3) is 0 Å². The average molecular weight is 213 g/mol. The van der Waals surface area contributed by atoms with Crippen LogP contribution in [0.5, 0.6) is 0 Å². The fourth-order valence-corrected chi connectivity index (χ4v) is 1.25. The summed E-state index contributed by atoms with van der Waals surface area (Å²) in [7, 11) is 1.61. The molecule has 1 amide bonds. The maximum atomic E-state index is 11.0. The molecule has 0 aromatic heterocycles. The number of carbonyl (C=O) groups excluding carboxylic acids is 1. The summed E-state index contributed by atoms with van der Waals surface area (Å²) in [5.74, 6) is -0.344. The van der Waals surface area contributed by atoms with E-state index in [4.69, 9.17) is 15.7 Å². The van der Waals surface area contributed by atoms with Gasteiger partial charge in [0.2, 0.25) is 5.91 Å². The summed E-state index contributed by atoms with van der Waals surface area (Å²) in [6.45, 7) is 3.68. The first kappa shape index (κ1) is 13.9. The molecular weight excluding hydrogens is 194 g/mol. The van der Waals surface area contributed by atoms with Gasteiger partial charge < -0.3 is 10.5 Å². The standard InChI is InChI=1S/C10H19N3O2/c1-9(10(12)14)13(7-8-15-2)6-4-3-5-11/h9H,3-4,6-8H2,1-2H3,(H2,12,14). The highest BCUT2D eigenvalue weighted by atomic mass is 16.5. The van der Waals surface area contributed by atoms with Gasteiger partial charge in [0.25, 0.3) is 0 Å². The normalized spacial score (nSPS) is 12.4. The third kappa shape index (κ3) is 6.05. The molecule has 0 bridgehead atoms. The lowest BCUT2D eigenvalue weighted by molar-refractivity contribution is -0.122. The summed E-state index contributed by atoms with van der Waals surface area (Å²) in [4.78, 5) is 12.9. The smallest absolute Gasteiger partial charge is 0.234 e. The third-order valence-electron chi connectivity index (χ3n) is 2.28. The largest absolute Gasteiger partial charge is 0.383 e. The molecule has 0 radical (unpaired) electrons. The minimum atomic E-state index is -0.344. The van der Waals surface area contributed by atoms with E-state index in [0.29, 0.717) is 26.1 Å². The lowest BCUT2D eigenvalue weighted by atomic mass is 10.2. The molecule has 5 nitrogen and oxygen atoms in total. The van der Waals surface area contributed by atoms with Gasteiger partial charge in [-0.15, -0.1) is 0 Å². The van der Waals surface area contributed by atoms with E-state index in [0.717, 1.165) is 6.42 Å². The zero-order chi connectivity index (χ0) is 11.7. The van der Waals surface area contributed by atoms with Gasteiger partial charge in [-0.05, 0) is 19.9 Å². The first-order chi connectivity index (χ1) is 7.13. The lowest BCUT2D eigenvalue weighted by Crippen LogP contribution is -2.44. The van der Waals surface area contributed by atoms with Gasteiger partial charge >= 0.3 is 0 Å². The van der Waals surface area contributed by atoms with E-state index in [2.05, 4.69) is 6.07 Å². The molecule has 0 aromatic carbocycles. The van der Waals surface area contributed by atoms with E-state index in [-0.39, 0.29) is 11.9 Å². The second-order valence-electron chi connectivity index (χ2n) is 3.37. The first-order valence-corrected chi connectivity index (χ1v) is 5.02. The third-order valence-corrected chi connectivity index (χ3v) is 2.28. The van der Waals surface area contributed by atoms with Crippen molar-refractivity contribution in [2.24, 2.45) is 5.73 Å². The van der Waals surface area contributed by atoms with E-state index in [1.807, 2.05) is 4.90 Å². The molecule has 1 atom stereocenters. The predicted octanol–water partition coefficient (Wildman–Crippen LogP) is 0.112. The summed E-state index contributed by atoms with van der Waals surface area (Å²) in [6, 6.07) is 1.77. The Bertz CT molecular complexity index is 225. The summed E-state index contributed by atoms with van der Waals surface area (Å²) in [6.07, 6.45) is 1.24. The Balaban J connectivity index is 4.05. The molecule has 0 aromatic rings. The molecule has 0 aliphatic heterocycles. The van der Waals surface area contributed by atoms with Gasteiger partial charge in [0.1, 0.15) is 0 Å². The van der Waals surface area contributed by atoms with Crippen LogP contribution in [-0.2, 0) is 9.53 Å². The number of rotatable bonds is 8. The van der Waals surface area contributed by atoms with Crippen LogP contribution in [0.1, 0.15) is 19.8 Å². The molecule has 2 N–H and O–H groups in total. The quantitative estimate of drug-likeness (QED) is 0.580. The Labute approximate surface area is 90.8 Å². The molecule has 0 saturated carbocycles. The molecule has 1 unspecified atom stereocenters. The zero-order valence-corrected chi connectivity index (χ0v) is 9.40. The van der Waals surface area contributed by atoms with Gasteiger partial charge in [0.15, 0.2) is 0 Å². The highest BCUT2D eigenvalue weighted by Gasteiger charge is 2.17. The van der Waals surface area contributed by atoms with Gasteiger partial charge in [-0.3, -0.25) is 9.69 Å². The second-order valence-corrected chi connectivity index (χ2v) is 3.37. The van der Waals surface area contributed by atoms with Crippen molar-refractivity contribution in [2.75, 3.05) is 26.8 Å². The van der Waals surface area contributed by atoms with Crippen molar-refractivity contribution in [3.8, 4) is 6.07 Å². The molecule has 0 fully saturated rings. The van der Waals surface area contributed by atoms with Crippen LogP contribution < -0.4 is 5.73 Å². The summed E-state index contributed by atoms with van der Waals surface area (Å²) in [5, 5.41) is 8.42. The Morgan fingerprint density at radius 2 is 2.27 bits per heavy atom. The molecule has 86 valence electrons. The molecule has 0 aliphatic rings. The Morgan fingerprint density at radius 3 is 2.73 bits per heavy atom. The lowest BCUT2D eigenvalue weighted by Gasteiger charge is -2.26. The van der Waals surface area contributed by atoms with Gasteiger partial charge in [0, 0.05) is 20.1 Å². The summed E-state index contributed by atoms with van der Waals surface area (Å²) in [5.41, 5.74) is 5.23. The molecule has 0 rings (SSSR count). The van der Waals surface area contributed by atoms with Gasteiger partial charge in [0.05, 0.1) is 18.7 Å². The molecule has 0 heterocycles. The summed E-state index contributed by atoms with van der Waals surface area (Å²) >= 11 is 0. The highest BCUT2D eigenvalue weighted by Crippen LogP contribution is 2.01. The van der Waals surface area contributed by atoms with E-state index < -0.39 is 0 Å². The minimum Gasteiger partial charge on any atom is -0.383 e. The number of nitrogens with zero attached hydrogens (tertiary/aromatic N) is 2. The minimum absolute atomic E-state index is 0.307. The van der Waals surface area contributed by atoms with Crippen molar-refractivity contribution < 1.29 is 9.53 Å². The number of ether oxygens (including phenoxy) is 1. The molecule has 0 spiro atoms. The van der Waals surface area contributed by atoms with Crippen LogP contribution in [0.3, 0.4) is 0 Å². The van der Waals surface area contributed by atoms with Crippen molar-refractivity contribution >= 4 is 5.91 Å². The fourth-order valence-electron chi connectivity index (χ4n) is 1.25. The zero-order valence-electron chi connectivity index (χ0n) is 9.40. The van der Waals surface area contributed by atoms with E-state index >= 15 is 0 Å². The molecule has 0 aliphatic carbocycles. The van der Waals surface area contributed by atoms with Gasteiger partial charge in [-0.25, -0.2) is 0 Å². The average Bonchev–Trinajstić information content (AvgIpc) is 2.22. The van der Waals surface area contributed by atoms with E-state index in [9.17, 15) is 4.79 Å². The first-order valence-electron chi connectivity index (χ1n) is 5.02. The van der Waals surface area contributed by atoms with Gasteiger partial charge in [-0.2, -0.15) is 5.26 Å². The number of methoxy groups -OCH3 is 1. The number of hydrogen-bond acceptors (Lipinski definition) is 4. The van der Waals surface area contributed by atoms with E-state index in [1.165, 1.54) is 0 Å². The summed E-state index contributed by atoms with van der Waals surface area (Å²) < 4.78 is 4.95. The van der Waals surface area contributed by atoms with Crippen LogP contribution >= 0.6 is 0 Å². The number of unbranched alkanes of at least 4 members (excludes halogenated alkanes) is 1. The number of hydrogen-bond donors (Lipinski definition) is 1. The van der Waals surface area contributed by atoms with Crippen LogP contribution in [0.4, 0.5) is 0 Å². The maximum absolute atomic E-state index is 11.0. The van der Waals surface area contributed by atoms with Crippen molar-refractivity contribution in [2.45, 2.75) is 25.8 Å². The monoisotopic (exact) mass is 213 g/mol. The SMILES string of the molecule is COCCN(CCCC#N)C(C)C(N)=O. The van der Waals surface area contributed by atoms with Crippen LogP contribution in [-0.4, -0.2) is 43.7 Å². The molecule has 15 heavy (non-hydrogen) atoms. The van der Waals surface area contributed by atoms with Crippen LogP contribution in [0.15, 0.2) is 0 Å². The molecule has 0 saturated heterocycles. The fraction of sp³-hybridized carbons (Fsp3) is 0.800. The molecular formula is C10H19N3O2. The second kappa shape index (κ2) is 8.21. The number of nitriles is 1. The highest BCUT2D eigenvalue weighted by molar-refractivity contribution is 5.79. The van der Waals surface area contributed by atoms with Crippen LogP contribution in [0.2, 0.25) is 0 Å². The van der Waals surface area contributed by atoms with E-state index in [1.54, 1.807) is 14.0 Å². The number of carbonyl (C=O) groups is 1. The Hall–Kier alpha value is -1.12. The Kier molecular flexibility index (Phi) is 7.60. The number of nitrogens with two attached hydrogens (primary N) is 1. The Morgan fingerprint density at radius 1 is 1.60 bits per heavy atom. The van der Waals surface area contributed by atoms with Crippen LogP contribution in [0, 0.1) is 11.3 Å². The number of primary amides is 1. The van der Waals surface area contributed by atoms with Crippen molar-refractivity contribution in [3.05, 3.63) is 0 Å². The molecule has 5 heteroatoms. The number of amides is 1. The predicted molar refractivity (Wildman–Crippen MR) is 57.0 cm³/mol. The topological polar surface area (TPSA) is 79.3 Å². The van der Waals surface area contributed by atoms with Crippen molar-refractivity contribution in [3.63, 3.8) is 0 Å². The van der Waals surface area contributed by atoms with Crippen molar-refractivity contribution in [1.82, 2.24) is 4.90 Å². The maximum Gasteiger partial charge on any atom is 0.234 e. The van der Waals surface area contributed by atoms with Gasteiger partial charge in [-0.1, -0.05) is 0 Å². The van der Waals surface area contributed by atoms with Crippen molar-refractivity contribution in [1.29, 1.82) is 5.26 Å².